The van der Waals surface area contributed by atoms with E-state index >= 15 is 0 Å². The fourth-order valence-electron chi connectivity index (χ4n) is 1.82. The maximum Gasteiger partial charge on any atom is 0.313 e. The number of hydrogen-bond donors (Lipinski definition) is 1. The van der Waals surface area contributed by atoms with Gasteiger partial charge in [0.25, 0.3) is 0 Å². The number of aromatic nitrogens is 3. The zero-order chi connectivity index (χ0) is 15.4. The summed E-state index contributed by atoms with van der Waals surface area (Å²) in [6, 6.07) is 5.13. The third-order valence-corrected chi connectivity index (χ3v) is 4.17. The maximum atomic E-state index is 10.7. The summed E-state index contributed by atoms with van der Waals surface area (Å²) < 4.78 is 1.87. The summed E-state index contributed by atoms with van der Waals surface area (Å²) in [6.45, 7) is 2.70. The predicted octanol–water partition coefficient (Wildman–Crippen LogP) is 3.84. The molecule has 21 heavy (non-hydrogen) atoms. The van der Waals surface area contributed by atoms with Gasteiger partial charge in [0, 0.05) is 17.1 Å². The van der Waals surface area contributed by atoms with Gasteiger partial charge in [-0.25, -0.2) is 0 Å². The monoisotopic (exact) mass is 345 g/mol. The van der Waals surface area contributed by atoms with Crippen LogP contribution in [0.15, 0.2) is 23.4 Å². The summed E-state index contributed by atoms with van der Waals surface area (Å²) in [6.07, 6.45) is 0.865. The highest BCUT2D eigenvalue weighted by atomic mass is 35.5. The summed E-state index contributed by atoms with van der Waals surface area (Å²) in [5.41, 5.74) is 0.687. The highest BCUT2D eigenvalue weighted by Crippen LogP contribution is 2.31. The molecule has 0 fully saturated rings. The maximum absolute atomic E-state index is 10.7. The number of thioether (sulfide) groups is 1. The SMILES string of the molecule is CCCn1c(SCC(=O)O)nnc1-c1cc(Cl)ccc1Cl. The number of aliphatic carboxylic acids is 1. The third-order valence-electron chi connectivity index (χ3n) is 2.66. The first-order valence-electron chi connectivity index (χ1n) is 6.26. The highest BCUT2D eigenvalue weighted by molar-refractivity contribution is 7.99. The van der Waals surface area contributed by atoms with E-state index in [4.69, 9.17) is 28.3 Å². The summed E-state index contributed by atoms with van der Waals surface area (Å²) in [5.74, 6) is -0.365. The van der Waals surface area contributed by atoms with E-state index in [-0.39, 0.29) is 5.75 Å². The van der Waals surface area contributed by atoms with Gasteiger partial charge in [-0.1, -0.05) is 41.9 Å². The second-order valence-corrected chi connectivity index (χ2v) is 6.05. The van der Waals surface area contributed by atoms with Gasteiger partial charge in [0.05, 0.1) is 10.8 Å². The first-order chi connectivity index (χ1) is 10.0. The number of carboxylic acids is 1. The van der Waals surface area contributed by atoms with E-state index in [1.54, 1.807) is 18.2 Å². The Morgan fingerprint density at radius 1 is 1.38 bits per heavy atom. The van der Waals surface area contributed by atoms with Gasteiger partial charge in [0.2, 0.25) is 0 Å². The molecule has 0 saturated carbocycles. The van der Waals surface area contributed by atoms with Gasteiger partial charge in [-0.05, 0) is 24.6 Å². The second-order valence-electron chi connectivity index (χ2n) is 4.26. The Morgan fingerprint density at radius 2 is 2.14 bits per heavy atom. The van der Waals surface area contributed by atoms with Crippen molar-refractivity contribution in [3.05, 3.63) is 28.2 Å². The fourth-order valence-corrected chi connectivity index (χ4v) is 2.87. The van der Waals surface area contributed by atoms with Crippen molar-refractivity contribution in [1.82, 2.24) is 14.8 Å². The van der Waals surface area contributed by atoms with Gasteiger partial charge < -0.3 is 9.67 Å². The molecule has 1 N–H and O–H groups in total. The van der Waals surface area contributed by atoms with Crippen LogP contribution in [0.25, 0.3) is 11.4 Å². The molecule has 0 radical (unpaired) electrons. The van der Waals surface area contributed by atoms with Gasteiger partial charge in [0.15, 0.2) is 11.0 Å². The van der Waals surface area contributed by atoms with Crippen molar-refractivity contribution in [1.29, 1.82) is 0 Å². The van der Waals surface area contributed by atoms with Crippen molar-refractivity contribution in [2.75, 3.05) is 5.75 Å². The molecule has 1 aromatic carbocycles. The van der Waals surface area contributed by atoms with Crippen LogP contribution in [0.5, 0.6) is 0 Å². The predicted molar refractivity (Wildman–Crippen MR) is 84.1 cm³/mol. The van der Waals surface area contributed by atoms with Crippen LogP contribution >= 0.6 is 35.0 Å². The van der Waals surface area contributed by atoms with Crippen LogP contribution in [0.3, 0.4) is 0 Å². The minimum absolute atomic E-state index is 0.0644. The summed E-state index contributed by atoms with van der Waals surface area (Å²) in [7, 11) is 0. The molecule has 0 unspecified atom stereocenters. The minimum atomic E-state index is -0.895. The van der Waals surface area contributed by atoms with Crippen LogP contribution in [-0.4, -0.2) is 31.6 Å². The van der Waals surface area contributed by atoms with Crippen LogP contribution in [0, 0.1) is 0 Å². The molecule has 0 bridgehead atoms. The lowest BCUT2D eigenvalue weighted by molar-refractivity contribution is -0.133. The Hall–Kier alpha value is -1.24. The average molecular weight is 346 g/mol. The quantitative estimate of drug-likeness (QED) is 0.805. The van der Waals surface area contributed by atoms with Crippen molar-refractivity contribution in [2.45, 2.75) is 25.0 Å². The average Bonchev–Trinajstić information content (AvgIpc) is 2.82. The normalized spacial score (nSPS) is 10.8. The van der Waals surface area contributed by atoms with Crippen LogP contribution in [0.4, 0.5) is 0 Å². The zero-order valence-corrected chi connectivity index (χ0v) is 13.5. The second kappa shape index (κ2) is 7.15. The van der Waals surface area contributed by atoms with Crippen molar-refractivity contribution >= 4 is 40.9 Å². The number of carboxylic acid groups (broad SMARTS) is 1. The molecule has 2 aromatic rings. The summed E-state index contributed by atoms with van der Waals surface area (Å²) in [5, 5.41) is 18.6. The molecule has 1 heterocycles. The topological polar surface area (TPSA) is 68.0 Å². The first kappa shape index (κ1) is 16.1. The molecule has 1 aromatic heterocycles. The van der Waals surface area contributed by atoms with Gasteiger partial charge in [0.1, 0.15) is 0 Å². The summed E-state index contributed by atoms with van der Waals surface area (Å²) in [4.78, 5) is 10.7. The Balaban J connectivity index is 2.43. The van der Waals surface area contributed by atoms with Gasteiger partial charge >= 0.3 is 5.97 Å². The van der Waals surface area contributed by atoms with Crippen LogP contribution in [0.2, 0.25) is 10.0 Å². The van der Waals surface area contributed by atoms with Crippen molar-refractivity contribution < 1.29 is 9.90 Å². The van der Waals surface area contributed by atoms with Crippen molar-refractivity contribution in [2.24, 2.45) is 0 Å². The minimum Gasteiger partial charge on any atom is -0.481 e. The van der Waals surface area contributed by atoms with Crippen LogP contribution in [-0.2, 0) is 11.3 Å². The molecule has 0 atom stereocenters. The molecule has 0 aliphatic rings. The summed E-state index contributed by atoms with van der Waals surface area (Å²) >= 11 is 13.3. The molecule has 2 rings (SSSR count). The molecule has 0 spiro atoms. The van der Waals surface area contributed by atoms with Crippen molar-refractivity contribution in [3.63, 3.8) is 0 Å². The number of nitrogens with zero attached hydrogens (tertiary/aromatic N) is 3. The molecule has 112 valence electrons. The lowest BCUT2D eigenvalue weighted by atomic mass is 10.2. The number of carbonyl (C=O) groups is 1. The molecule has 0 aliphatic heterocycles. The lowest BCUT2D eigenvalue weighted by Crippen LogP contribution is -2.04. The van der Waals surface area contributed by atoms with Gasteiger partial charge in [-0.2, -0.15) is 0 Å². The van der Waals surface area contributed by atoms with E-state index in [0.717, 1.165) is 18.2 Å². The number of halogens is 2. The molecule has 0 saturated heterocycles. The zero-order valence-electron chi connectivity index (χ0n) is 11.2. The molecule has 8 heteroatoms. The molecular formula is C13H13Cl2N3O2S. The number of benzene rings is 1. The highest BCUT2D eigenvalue weighted by Gasteiger charge is 2.17. The Morgan fingerprint density at radius 3 is 2.81 bits per heavy atom. The van der Waals surface area contributed by atoms with E-state index < -0.39 is 5.97 Å². The van der Waals surface area contributed by atoms with E-state index in [2.05, 4.69) is 10.2 Å². The Bertz CT molecular complexity index is 661. The number of hydrogen-bond acceptors (Lipinski definition) is 4. The van der Waals surface area contributed by atoms with E-state index in [1.807, 2.05) is 11.5 Å². The van der Waals surface area contributed by atoms with E-state index in [0.29, 0.717) is 33.1 Å². The molecular weight excluding hydrogens is 333 g/mol. The number of rotatable bonds is 6. The largest absolute Gasteiger partial charge is 0.481 e. The van der Waals surface area contributed by atoms with E-state index in [1.165, 1.54) is 0 Å². The lowest BCUT2D eigenvalue weighted by Gasteiger charge is -2.09. The fraction of sp³-hybridized carbons (Fsp3) is 0.308. The molecule has 5 nitrogen and oxygen atoms in total. The van der Waals surface area contributed by atoms with Crippen molar-refractivity contribution in [3.8, 4) is 11.4 Å². The Labute approximate surface area is 136 Å². The van der Waals surface area contributed by atoms with Crippen LogP contribution < -0.4 is 0 Å². The standard InChI is InChI=1S/C13H13Cl2N3O2S/c1-2-5-18-12(9-6-8(14)3-4-10(9)15)16-17-13(18)21-7-11(19)20/h3-4,6H,2,5,7H2,1H3,(H,19,20). The van der Waals surface area contributed by atoms with E-state index in [9.17, 15) is 4.79 Å². The third kappa shape index (κ3) is 3.90. The smallest absolute Gasteiger partial charge is 0.313 e. The Kier molecular flexibility index (Phi) is 5.50. The first-order valence-corrected chi connectivity index (χ1v) is 8.00. The molecule has 0 aliphatic carbocycles. The van der Waals surface area contributed by atoms with Crippen LogP contribution in [0.1, 0.15) is 13.3 Å². The molecule has 0 amide bonds. The van der Waals surface area contributed by atoms with Gasteiger partial charge in [-0.3, -0.25) is 4.79 Å². The van der Waals surface area contributed by atoms with Gasteiger partial charge in [-0.15, -0.1) is 10.2 Å².